The molecule has 13 heavy (non-hydrogen) atoms. The Labute approximate surface area is 85.2 Å². The van der Waals surface area contributed by atoms with Crippen molar-refractivity contribution in [3.05, 3.63) is 0 Å². The first-order valence-electron chi connectivity index (χ1n) is 5.41. The van der Waals surface area contributed by atoms with Crippen LogP contribution in [0.3, 0.4) is 0 Å². The van der Waals surface area contributed by atoms with E-state index < -0.39 is 0 Å². The normalized spacial score (nSPS) is 31.6. The van der Waals surface area contributed by atoms with E-state index >= 15 is 0 Å². The van der Waals surface area contributed by atoms with Crippen molar-refractivity contribution < 1.29 is 0 Å². The highest BCUT2D eigenvalue weighted by Gasteiger charge is 2.53. The van der Waals surface area contributed by atoms with Crippen molar-refractivity contribution in [2.75, 3.05) is 6.66 Å². The van der Waals surface area contributed by atoms with Gasteiger partial charge in [-0.1, -0.05) is 13.8 Å². The van der Waals surface area contributed by atoms with Crippen LogP contribution in [0, 0.1) is 5.41 Å². The summed E-state index contributed by atoms with van der Waals surface area (Å²) in [6.45, 7) is 17.3. The van der Waals surface area contributed by atoms with Crippen LogP contribution in [0.15, 0.2) is 0 Å². The molecule has 0 N–H and O–H groups in total. The van der Waals surface area contributed by atoms with Gasteiger partial charge in [0.25, 0.3) is 0 Å². The van der Waals surface area contributed by atoms with Gasteiger partial charge in [0, 0.05) is 14.6 Å². The smallest absolute Gasteiger partial charge is 0.0596 e. The Morgan fingerprint density at radius 3 is 1.38 bits per heavy atom. The topological polar surface area (TPSA) is 0 Å². The van der Waals surface area contributed by atoms with Crippen LogP contribution in [0.1, 0.15) is 54.4 Å². The van der Waals surface area contributed by atoms with Gasteiger partial charge in [0.05, 0.1) is 10.3 Å². The van der Waals surface area contributed by atoms with Crippen molar-refractivity contribution >= 4 is 7.92 Å². The Balaban J connectivity index is 2.96. The first-order chi connectivity index (χ1) is 5.57. The van der Waals surface area contributed by atoms with Crippen LogP contribution in [0.4, 0.5) is 0 Å². The van der Waals surface area contributed by atoms with E-state index in [0.29, 0.717) is 15.7 Å². The molecule has 0 saturated carbocycles. The molecule has 0 atom stereocenters. The minimum atomic E-state index is -0.216. The Morgan fingerprint density at radius 1 is 0.769 bits per heavy atom. The number of hydrogen-bond acceptors (Lipinski definition) is 0. The predicted octanol–water partition coefficient (Wildman–Crippen LogP) is 4.21. The molecule has 1 fully saturated rings. The summed E-state index contributed by atoms with van der Waals surface area (Å²) in [5.41, 5.74) is 0.553. The Morgan fingerprint density at radius 2 is 1.08 bits per heavy atom. The van der Waals surface area contributed by atoms with E-state index in [1.165, 1.54) is 12.8 Å². The molecule has 0 aromatic heterocycles. The predicted molar refractivity (Wildman–Crippen MR) is 65.4 cm³/mol. The monoisotopic (exact) mass is 201 g/mol. The molecule has 1 aliphatic heterocycles. The highest BCUT2D eigenvalue weighted by Crippen LogP contribution is 2.67. The SMILES string of the molecule is C[PH+]1C(C)(C)CC(C)(C)CC1(C)C. The summed E-state index contributed by atoms with van der Waals surface area (Å²) in [5.74, 6) is 0. The molecule has 0 aromatic rings. The lowest BCUT2D eigenvalue weighted by Gasteiger charge is -2.49. The van der Waals surface area contributed by atoms with Gasteiger partial charge in [-0.2, -0.15) is 0 Å². The summed E-state index contributed by atoms with van der Waals surface area (Å²) < 4.78 is 0. The lowest BCUT2D eigenvalue weighted by atomic mass is 9.76. The third-order valence-electron chi connectivity index (χ3n) is 3.87. The minimum absolute atomic E-state index is 0.216. The quantitative estimate of drug-likeness (QED) is 0.515. The molecule has 1 aliphatic rings. The van der Waals surface area contributed by atoms with Crippen LogP contribution < -0.4 is 0 Å². The van der Waals surface area contributed by atoms with E-state index in [-0.39, 0.29) is 7.92 Å². The second-order valence-corrected chi connectivity index (χ2v) is 10.9. The van der Waals surface area contributed by atoms with Gasteiger partial charge in [-0.15, -0.1) is 0 Å². The average molecular weight is 201 g/mol. The molecule has 0 nitrogen and oxygen atoms in total. The molecule has 1 rings (SSSR count). The molecule has 0 radical (unpaired) electrons. The van der Waals surface area contributed by atoms with E-state index in [1.807, 2.05) is 0 Å². The van der Waals surface area contributed by atoms with E-state index in [2.05, 4.69) is 48.2 Å². The average Bonchev–Trinajstić information content (AvgIpc) is 1.77. The van der Waals surface area contributed by atoms with Gasteiger partial charge in [-0.3, -0.25) is 0 Å². The zero-order valence-electron chi connectivity index (χ0n) is 10.4. The number of hydrogen-bond donors (Lipinski definition) is 0. The van der Waals surface area contributed by atoms with Crippen LogP contribution >= 0.6 is 7.92 Å². The second kappa shape index (κ2) is 2.96. The van der Waals surface area contributed by atoms with Gasteiger partial charge < -0.3 is 0 Å². The van der Waals surface area contributed by atoms with Gasteiger partial charge in [0.15, 0.2) is 0 Å². The largest absolute Gasteiger partial charge is 0.0728 e. The summed E-state index contributed by atoms with van der Waals surface area (Å²) in [7, 11) is -0.216. The summed E-state index contributed by atoms with van der Waals surface area (Å²) >= 11 is 0. The molecule has 1 saturated heterocycles. The fraction of sp³-hybridized carbons (Fsp3) is 1.00. The summed E-state index contributed by atoms with van der Waals surface area (Å²) in [6.07, 6.45) is 2.82. The van der Waals surface area contributed by atoms with E-state index in [9.17, 15) is 0 Å². The highest BCUT2D eigenvalue weighted by molar-refractivity contribution is 7.60. The van der Waals surface area contributed by atoms with Gasteiger partial charge >= 0.3 is 0 Å². The third kappa shape index (κ3) is 2.27. The molecular weight excluding hydrogens is 175 g/mol. The number of rotatable bonds is 0. The molecule has 78 valence electrons. The van der Waals surface area contributed by atoms with Crippen LogP contribution in [-0.4, -0.2) is 17.0 Å². The van der Waals surface area contributed by atoms with E-state index in [0.717, 1.165) is 0 Å². The molecule has 1 heteroatoms. The Kier molecular flexibility index (Phi) is 2.62. The standard InChI is InChI=1S/C12H25P/c1-10(2)8-11(3,4)13(7)12(5,6)9-10/h8-9H2,1-7H3/p+1. The molecule has 0 bridgehead atoms. The molecular formula is C12H26P+. The Hall–Kier alpha value is 0.430. The van der Waals surface area contributed by atoms with E-state index in [4.69, 9.17) is 0 Å². The zero-order chi connectivity index (χ0) is 10.5. The van der Waals surface area contributed by atoms with Crippen molar-refractivity contribution in [2.45, 2.75) is 64.7 Å². The molecule has 0 aromatic carbocycles. The van der Waals surface area contributed by atoms with Gasteiger partial charge in [0.1, 0.15) is 0 Å². The van der Waals surface area contributed by atoms with Crippen molar-refractivity contribution in [3.63, 3.8) is 0 Å². The van der Waals surface area contributed by atoms with Crippen molar-refractivity contribution in [1.82, 2.24) is 0 Å². The highest BCUT2D eigenvalue weighted by atomic mass is 31.1. The van der Waals surface area contributed by atoms with Crippen LogP contribution in [-0.2, 0) is 0 Å². The third-order valence-corrected chi connectivity index (χ3v) is 8.29. The van der Waals surface area contributed by atoms with Crippen LogP contribution in [0.2, 0.25) is 0 Å². The second-order valence-electron chi connectivity index (χ2n) is 6.91. The van der Waals surface area contributed by atoms with Crippen molar-refractivity contribution in [2.24, 2.45) is 5.41 Å². The fourth-order valence-corrected chi connectivity index (χ4v) is 6.96. The molecule has 0 spiro atoms. The Bertz CT molecular complexity index is 181. The van der Waals surface area contributed by atoms with Crippen molar-refractivity contribution in [3.8, 4) is 0 Å². The first kappa shape index (κ1) is 11.5. The zero-order valence-corrected chi connectivity index (χ0v) is 11.4. The summed E-state index contributed by atoms with van der Waals surface area (Å²) in [4.78, 5) is 0. The van der Waals surface area contributed by atoms with Crippen molar-refractivity contribution in [1.29, 1.82) is 0 Å². The fourth-order valence-electron chi connectivity index (χ4n) is 3.64. The van der Waals surface area contributed by atoms with Gasteiger partial charge in [-0.05, 0) is 46.0 Å². The van der Waals surface area contributed by atoms with Gasteiger partial charge in [0.2, 0.25) is 0 Å². The summed E-state index contributed by atoms with van der Waals surface area (Å²) in [5, 5.41) is 1.21. The maximum Gasteiger partial charge on any atom is 0.0728 e. The van der Waals surface area contributed by atoms with Gasteiger partial charge in [-0.25, -0.2) is 0 Å². The first-order valence-corrected chi connectivity index (χ1v) is 7.41. The summed E-state index contributed by atoms with van der Waals surface area (Å²) in [6, 6.07) is 0. The van der Waals surface area contributed by atoms with Crippen LogP contribution in [0.5, 0.6) is 0 Å². The minimum Gasteiger partial charge on any atom is -0.0596 e. The maximum atomic E-state index is 2.53. The lowest BCUT2D eigenvalue weighted by Crippen LogP contribution is -2.42. The maximum absolute atomic E-state index is 2.53. The molecule has 0 amide bonds. The molecule has 0 aliphatic carbocycles. The van der Waals surface area contributed by atoms with Crippen LogP contribution in [0.25, 0.3) is 0 Å². The van der Waals surface area contributed by atoms with E-state index in [1.54, 1.807) is 0 Å². The molecule has 1 heterocycles. The lowest BCUT2D eigenvalue weighted by molar-refractivity contribution is 0.230. The molecule has 0 unspecified atom stereocenters.